The summed E-state index contributed by atoms with van der Waals surface area (Å²) in [6.45, 7) is 8.16. The molecule has 1 unspecified atom stereocenters. The quantitative estimate of drug-likeness (QED) is 0.856. The van der Waals surface area contributed by atoms with E-state index in [1.165, 1.54) is 31.4 Å². The largest absolute Gasteiger partial charge is 0.383 e. The van der Waals surface area contributed by atoms with Crippen molar-refractivity contribution in [3.63, 3.8) is 0 Å². The fraction of sp³-hybridized carbons (Fsp3) is 0.667. The van der Waals surface area contributed by atoms with Gasteiger partial charge in [0.1, 0.15) is 0 Å². The molecule has 1 aliphatic rings. The summed E-state index contributed by atoms with van der Waals surface area (Å²) < 4.78 is 0. The van der Waals surface area contributed by atoms with Crippen molar-refractivity contribution < 1.29 is 0 Å². The molecule has 1 aliphatic carbocycles. The Balaban J connectivity index is 1.79. The van der Waals surface area contributed by atoms with Crippen LogP contribution < -0.4 is 5.32 Å². The molecule has 0 amide bonds. The van der Waals surface area contributed by atoms with Gasteiger partial charge >= 0.3 is 0 Å². The average molecular weight is 274 g/mol. The van der Waals surface area contributed by atoms with Crippen LogP contribution in [0.15, 0.2) is 30.3 Å². The first-order chi connectivity index (χ1) is 9.48. The lowest BCUT2D eigenvalue weighted by Crippen LogP contribution is -2.44. The molecule has 0 bridgehead atoms. The molecule has 2 heteroatoms. The van der Waals surface area contributed by atoms with E-state index in [0.717, 1.165) is 12.6 Å². The number of hydrogen-bond donors (Lipinski definition) is 1. The summed E-state index contributed by atoms with van der Waals surface area (Å²) in [6.07, 6.45) is 5.42. The number of nitrogens with one attached hydrogen (secondary N) is 1. The van der Waals surface area contributed by atoms with Gasteiger partial charge in [-0.15, -0.1) is 0 Å². The first kappa shape index (κ1) is 15.4. The van der Waals surface area contributed by atoms with Gasteiger partial charge in [0.15, 0.2) is 0 Å². The second-order valence-electron chi connectivity index (χ2n) is 7.16. The molecule has 0 heterocycles. The van der Waals surface area contributed by atoms with E-state index in [0.29, 0.717) is 11.5 Å². The first-order valence-electron chi connectivity index (χ1n) is 7.99. The van der Waals surface area contributed by atoms with Gasteiger partial charge < -0.3 is 5.32 Å². The Morgan fingerprint density at radius 2 is 1.80 bits per heavy atom. The van der Waals surface area contributed by atoms with Crippen LogP contribution in [-0.4, -0.2) is 30.6 Å². The molecule has 0 saturated heterocycles. The first-order valence-corrected chi connectivity index (χ1v) is 7.99. The Hall–Kier alpha value is -1.02. The van der Waals surface area contributed by atoms with Crippen LogP contribution in [0, 0.1) is 5.41 Å². The van der Waals surface area contributed by atoms with E-state index in [9.17, 15) is 0 Å². The minimum Gasteiger partial charge on any atom is -0.383 e. The van der Waals surface area contributed by atoms with E-state index < -0.39 is 0 Å². The van der Waals surface area contributed by atoms with Crippen LogP contribution in [-0.2, 0) is 0 Å². The van der Waals surface area contributed by atoms with Crippen molar-refractivity contribution >= 4 is 5.69 Å². The lowest BCUT2D eigenvalue weighted by Gasteiger charge is -2.41. The number of likely N-dealkylation sites (N-methyl/N-ethyl adjacent to an activating group) is 1. The predicted octanol–water partition coefficient (Wildman–Crippen LogP) is 4.39. The minimum atomic E-state index is 0.558. The van der Waals surface area contributed by atoms with Gasteiger partial charge in [-0.25, -0.2) is 0 Å². The minimum absolute atomic E-state index is 0.558. The lowest BCUT2D eigenvalue weighted by atomic mass is 9.75. The molecule has 1 aromatic carbocycles. The highest BCUT2D eigenvalue weighted by molar-refractivity contribution is 5.42. The Bertz CT molecular complexity index is 389. The maximum atomic E-state index is 3.54. The third-order valence-electron chi connectivity index (χ3n) is 4.96. The summed E-state index contributed by atoms with van der Waals surface area (Å²) in [5.41, 5.74) is 1.78. The summed E-state index contributed by atoms with van der Waals surface area (Å²) in [5, 5.41) is 3.54. The molecule has 0 radical (unpaired) electrons. The third kappa shape index (κ3) is 4.24. The van der Waals surface area contributed by atoms with Gasteiger partial charge in [0.25, 0.3) is 0 Å². The number of anilines is 1. The van der Waals surface area contributed by atoms with Crippen LogP contribution in [0.2, 0.25) is 0 Å². The van der Waals surface area contributed by atoms with Crippen molar-refractivity contribution in [3.8, 4) is 0 Å². The van der Waals surface area contributed by atoms with Gasteiger partial charge in [0.2, 0.25) is 0 Å². The highest BCUT2D eigenvalue weighted by atomic mass is 15.2. The van der Waals surface area contributed by atoms with Crippen molar-refractivity contribution in [2.75, 3.05) is 18.9 Å². The van der Waals surface area contributed by atoms with Crippen LogP contribution in [0.4, 0.5) is 5.69 Å². The molecule has 0 spiro atoms. The van der Waals surface area contributed by atoms with Crippen molar-refractivity contribution in [1.29, 1.82) is 0 Å². The van der Waals surface area contributed by atoms with E-state index in [4.69, 9.17) is 0 Å². The smallest absolute Gasteiger partial charge is 0.0340 e. The summed E-state index contributed by atoms with van der Waals surface area (Å²) in [4.78, 5) is 2.57. The molecule has 1 fully saturated rings. The van der Waals surface area contributed by atoms with Gasteiger partial charge in [0.05, 0.1) is 0 Å². The number of hydrogen-bond acceptors (Lipinski definition) is 2. The zero-order chi connectivity index (χ0) is 14.6. The van der Waals surface area contributed by atoms with Gasteiger partial charge in [-0.05, 0) is 57.2 Å². The van der Waals surface area contributed by atoms with Gasteiger partial charge in [0, 0.05) is 24.3 Å². The average Bonchev–Trinajstić information content (AvgIpc) is 2.45. The van der Waals surface area contributed by atoms with E-state index in [1.807, 2.05) is 0 Å². The molecule has 1 saturated carbocycles. The van der Waals surface area contributed by atoms with Crippen LogP contribution in [0.3, 0.4) is 0 Å². The van der Waals surface area contributed by atoms with Crippen LogP contribution in [0.25, 0.3) is 0 Å². The Kier molecular flexibility index (Phi) is 5.09. The predicted molar refractivity (Wildman–Crippen MR) is 88.2 cm³/mol. The molecule has 0 aromatic heterocycles. The number of nitrogens with zero attached hydrogens (tertiary/aromatic N) is 1. The van der Waals surface area contributed by atoms with Crippen LogP contribution >= 0.6 is 0 Å². The molecule has 1 N–H and O–H groups in total. The monoisotopic (exact) mass is 274 g/mol. The number of para-hydroxylation sites is 1. The number of rotatable bonds is 5. The Morgan fingerprint density at radius 3 is 2.40 bits per heavy atom. The van der Waals surface area contributed by atoms with Crippen LogP contribution in [0.5, 0.6) is 0 Å². The summed E-state index contributed by atoms with van der Waals surface area (Å²) in [5.74, 6) is 0. The molecule has 1 atom stereocenters. The maximum absolute atomic E-state index is 3.54. The molecule has 2 rings (SSSR count). The van der Waals surface area contributed by atoms with Gasteiger partial charge in [-0.2, -0.15) is 0 Å². The fourth-order valence-corrected chi connectivity index (χ4v) is 3.12. The molecular weight excluding hydrogens is 244 g/mol. The van der Waals surface area contributed by atoms with Crippen LogP contribution in [0.1, 0.15) is 46.5 Å². The van der Waals surface area contributed by atoms with E-state index in [-0.39, 0.29) is 0 Å². The van der Waals surface area contributed by atoms with Gasteiger partial charge in [-0.3, -0.25) is 4.90 Å². The normalized spacial score (nSPS) is 20.9. The molecule has 112 valence electrons. The maximum Gasteiger partial charge on any atom is 0.0340 e. The summed E-state index contributed by atoms with van der Waals surface area (Å²) in [6, 6.07) is 11.8. The summed E-state index contributed by atoms with van der Waals surface area (Å²) in [7, 11) is 2.29. The SMILES string of the molecule is CC(CNc1ccccc1)N(C)C1CCC(C)(C)CC1. The van der Waals surface area contributed by atoms with Gasteiger partial charge in [-0.1, -0.05) is 32.0 Å². The van der Waals surface area contributed by atoms with E-state index >= 15 is 0 Å². The van der Waals surface area contributed by atoms with E-state index in [1.54, 1.807) is 0 Å². The highest BCUT2D eigenvalue weighted by Gasteiger charge is 2.30. The third-order valence-corrected chi connectivity index (χ3v) is 4.96. The molecular formula is C18H30N2. The summed E-state index contributed by atoms with van der Waals surface area (Å²) >= 11 is 0. The zero-order valence-electron chi connectivity index (χ0n) is 13.5. The molecule has 0 aliphatic heterocycles. The topological polar surface area (TPSA) is 15.3 Å². The fourth-order valence-electron chi connectivity index (χ4n) is 3.12. The molecule has 1 aromatic rings. The lowest BCUT2D eigenvalue weighted by molar-refractivity contribution is 0.104. The van der Waals surface area contributed by atoms with E-state index in [2.05, 4.69) is 68.4 Å². The standard InChI is InChI=1S/C18H30N2/c1-15(14-19-16-8-6-5-7-9-16)20(4)17-10-12-18(2,3)13-11-17/h5-9,15,17,19H,10-14H2,1-4H3. The second kappa shape index (κ2) is 6.62. The Morgan fingerprint density at radius 1 is 1.20 bits per heavy atom. The molecule has 2 nitrogen and oxygen atoms in total. The molecule has 20 heavy (non-hydrogen) atoms. The van der Waals surface area contributed by atoms with Crippen molar-refractivity contribution in [3.05, 3.63) is 30.3 Å². The zero-order valence-corrected chi connectivity index (χ0v) is 13.5. The van der Waals surface area contributed by atoms with Crippen molar-refractivity contribution in [2.45, 2.75) is 58.5 Å². The highest BCUT2D eigenvalue weighted by Crippen LogP contribution is 2.36. The van der Waals surface area contributed by atoms with Crippen molar-refractivity contribution in [1.82, 2.24) is 4.90 Å². The Labute approximate surface area is 124 Å². The second-order valence-corrected chi connectivity index (χ2v) is 7.16. The van der Waals surface area contributed by atoms with Crippen molar-refractivity contribution in [2.24, 2.45) is 5.41 Å². The number of benzene rings is 1.